The summed E-state index contributed by atoms with van der Waals surface area (Å²) in [7, 11) is 0. The molecule has 0 aliphatic heterocycles. The van der Waals surface area contributed by atoms with E-state index in [2.05, 4.69) is 53.0 Å². The molecule has 0 aromatic heterocycles. The predicted molar refractivity (Wildman–Crippen MR) is 118 cm³/mol. The second-order valence-electron chi connectivity index (χ2n) is 7.86. The SMILES string of the molecule is C=CC(C)(CCC=C(C)C)OC(C)=O.C=CC(C)(CCC=C(C)C)OC(C)=O. The monoisotopic (exact) mass is 392 g/mol. The molecular formula is C24H40O4. The zero-order valence-electron chi connectivity index (χ0n) is 19.2. The molecule has 0 spiro atoms. The first-order valence-corrected chi connectivity index (χ1v) is 9.72. The van der Waals surface area contributed by atoms with Crippen LogP contribution in [0.5, 0.6) is 0 Å². The largest absolute Gasteiger partial charge is 0.455 e. The molecule has 0 radical (unpaired) electrons. The van der Waals surface area contributed by atoms with E-state index in [9.17, 15) is 9.59 Å². The summed E-state index contributed by atoms with van der Waals surface area (Å²) in [5, 5.41) is 0. The molecule has 0 saturated carbocycles. The minimum atomic E-state index is -0.530. The molecule has 0 aromatic carbocycles. The normalized spacial score (nSPS) is 14.0. The van der Waals surface area contributed by atoms with E-state index in [4.69, 9.17) is 9.47 Å². The average Bonchev–Trinajstić information content (AvgIpc) is 2.53. The molecule has 0 heterocycles. The summed E-state index contributed by atoms with van der Waals surface area (Å²) in [5.41, 5.74) is 1.49. The third kappa shape index (κ3) is 16.1. The van der Waals surface area contributed by atoms with Gasteiger partial charge in [0.1, 0.15) is 11.2 Å². The summed E-state index contributed by atoms with van der Waals surface area (Å²) in [6, 6.07) is 0. The van der Waals surface area contributed by atoms with Crippen LogP contribution in [0.3, 0.4) is 0 Å². The zero-order chi connectivity index (χ0) is 22.4. The van der Waals surface area contributed by atoms with E-state index in [1.807, 2.05) is 13.8 Å². The van der Waals surface area contributed by atoms with Gasteiger partial charge in [0.05, 0.1) is 0 Å². The van der Waals surface area contributed by atoms with Crippen LogP contribution in [0.15, 0.2) is 48.6 Å². The highest BCUT2D eigenvalue weighted by Gasteiger charge is 2.23. The molecule has 0 amide bonds. The van der Waals surface area contributed by atoms with Crippen LogP contribution in [0.25, 0.3) is 0 Å². The molecule has 28 heavy (non-hydrogen) atoms. The van der Waals surface area contributed by atoms with Gasteiger partial charge in [-0.1, -0.05) is 36.5 Å². The maximum atomic E-state index is 10.8. The molecular weight excluding hydrogens is 352 g/mol. The Hall–Kier alpha value is -2.10. The Balaban J connectivity index is 0. The molecule has 0 aliphatic rings. The Morgan fingerprint density at radius 2 is 1.00 bits per heavy atom. The molecule has 0 N–H and O–H groups in total. The first-order valence-electron chi connectivity index (χ1n) is 9.72. The molecule has 4 heteroatoms. The summed E-state index contributed by atoms with van der Waals surface area (Å²) in [6.45, 7) is 22.2. The third-order valence-corrected chi connectivity index (χ3v) is 4.00. The molecule has 0 aliphatic carbocycles. The van der Waals surface area contributed by atoms with Crippen LogP contribution in [0.1, 0.15) is 81.1 Å². The molecule has 160 valence electrons. The predicted octanol–water partition coefficient (Wildman–Crippen LogP) is 6.48. The molecule has 4 nitrogen and oxygen atoms in total. The minimum absolute atomic E-state index is 0.260. The highest BCUT2D eigenvalue weighted by molar-refractivity contribution is 5.67. The van der Waals surface area contributed by atoms with Crippen molar-refractivity contribution in [1.29, 1.82) is 0 Å². The van der Waals surface area contributed by atoms with E-state index in [1.54, 1.807) is 12.2 Å². The molecule has 0 fully saturated rings. The Morgan fingerprint density at radius 1 is 0.714 bits per heavy atom. The third-order valence-electron chi connectivity index (χ3n) is 4.00. The van der Waals surface area contributed by atoms with Crippen molar-refractivity contribution in [2.75, 3.05) is 0 Å². The summed E-state index contributed by atoms with van der Waals surface area (Å²) in [5.74, 6) is -0.519. The van der Waals surface area contributed by atoms with Crippen LogP contribution in [-0.2, 0) is 19.1 Å². The van der Waals surface area contributed by atoms with Crippen molar-refractivity contribution in [3.8, 4) is 0 Å². The molecule has 2 atom stereocenters. The maximum Gasteiger partial charge on any atom is 0.303 e. The van der Waals surface area contributed by atoms with E-state index in [-0.39, 0.29) is 11.9 Å². The van der Waals surface area contributed by atoms with Crippen molar-refractivity contribution >= 4 is 11.9 Å². The summed E-state index contributed by atoms with van der Waals surface area (Å²) >= 11 is 0. The van der Waals surface area contributed by atoms with Crippen LogP contribution in [0.4, 0.5) is 0 Å². The minimum Gasteiger partial charge on any atom is -0.455 e. The Labute approximate surface area is 172 Å². The topological polar surface area (TPSA) is 52.6 Å². The van der Waals surface area contributed by atoms with Gasteiger partial charge in [-0.25, -0.2) is 0 Å². The van der Waals surface area contributed by atoms with E-state index >= 15 is 0 Å². The van der Waals surface area contributed by atoms with Crippen LogP contribution in [0, 0.1) is 0 Å². The highest BCUT2D eigenvalue weighted by atomic mass is 16.6. The van der Waals surface area contributed by atoms with E-state index in [0.29, 0.717) is 0 Å². The van der Waals surface area contributed by atoms with Gasteiger partial charge in [-0.2, -0.15) is 0 Å². The van der Waals surface area contributed by atoms with Crippen molar-refractivity contribution in [2.24, 2.45) is 0 Å². The fourth-order valence-electron chi connectivity index (χ4n) is 2.34. The van der Waals surface area contributed by atoms with Crippen LogP contribution in [0.2, 0.25) is 0 Å². The van der Waals surface area contributed by atoms with E-state index in [1.165, 1.54) is 25.0 Å². The van der Waals surface area contributed by atoms with Gasteiger partial charge in [0.15, 0.2) is 0 Å². The standard InChI is InChI=1S/2C12H20O2/c2*1-6-12(5,14-11(4)13)9-7-8-10(2)3/h2*6,8H,1,7,9H2,2-5H3. The van der Waals surface area contributed by atoms with Crippen LogP contribution >= 0.6 is 0 Å². The number of carbonyl (C=O) groups is 2. The van der Waals surface area contributed by atoms with Crippen LogP contribution in [-0.4, -0.2) is 23.1 Å². The summed E-state index contributed by atoms with van der Waals surface area (Å²) in [4.78, 5) is 21.7. The van der Waals surface area contributed by atoms with Gasteiger partial charge < -0.3 is 9.47 Å². The van der Waals surface area contributed by atoms with Gasteiger partial charge in [0, 0.05) is 13.8 Å². The second kappa shape index (κ2) is 14.0. The lowest BCUT2D eigenvalue weighted by molar-refractivity contribution is -0.152. The Bertz CT molecular complexity index is 525. The number of allylic oxidation sites excluding steroid dienone is 4. The fourth-order valence-corrected chi connectivity index (χ4v) is 2.34. The average molecular weight is 393 g/mol. The Kier molecular flexibility index (Phi) is 14.0. The first kappa shape index (κ1) is 28.1. The lowest BCUT2D eigenvalue weighted by atomic mass is 9.99. The molecule has 0 saturated heterocycles. The van der Waals surface area contributed by atoms with Gasteiger partial charge in [0.2, 0.25) is 0 Å². The Morgan fingerprint density at radius 3 is 1.18 bits per heavy atom. The zero-order valence-corrected chi connectivity index (χ0v) is 19.2. The van der Waals surface area contributed by atoms with Crippen molar-refractivity contribution in [1.82, 2.24) is 0 Å². The quantitative estimate of drug-likeness (QED) is 0.315. The molecule has 2 unspecified atom stereocenters. The first-order chi connectivity index (χ1) is 12.8. The number of rotatable bonds is 10. The number of carbonyl (C=O) groups excluding carboxylic acids is 2. The number of ether oxygens (including phenoxy) is 2. The molecule has 0 rings (SSSR count). The van der Waals surface area contributed by atoms with Crippen LogP contribution < -0.4 is 0 Å². The van der Waals surface area contributed by atoms with Crippen molar-refractivity contribution in [3.05, 3.63) is 48.6 Å². The lowest BCUT2D eigenvalue weighted by Crippen LogP contribution is -2.27. The van der Waals surface area contributed by atoms with Crippen molar-refractivity contribution in [3.63, 3.8) is 0 Å². The van der Waals surface area contributed by atoms with Gasteiger partial charge in [-0.15, -0.1) is 0 Å². The summed E-state index contributed by atoms with van der Waals surface area (Å²) in [6.07, 6.45) is 11.0. The highest BCUT2D eigenvalue weighted by Crippen LogP contribution is 2.20. The van der Waals surface area contributed by atoms with E-state index in [0.717, 1.165) is 25.7 Å². The molecule has 0 aromatic rings. The number of hydrogen-bond acceptors (Lipinski definition) is 4. The fraction of sp³-hybridized carbons (Fsp3) is 0.583. The van der Waals surface area contributed by atoms with Gasteiger partial charge >= 0.3 is 11.9 Å². The second-order valence-corrected chi connectivity index (χ2v) is 7.86. The van der Waals surface area contributed by atoms with Gasteiger partial charge in [-0.05, 0) is 79.4 Å². The van der Waals surface area contributed by atoms with Crippen molar-refractivity contribution in [2.45, 2.75) is 92.3 Å². The van der Waals surface area contributed by atoms with Crippen molar-refractivity contribution < 1.29 is 19.1 Å². The lowest BCUT2D eigenvalue weighted by Gasteiger charge is -2.24. The van der Waals surface area contributed by atoms with Gasteiger partial charge in [0.25, 0.3) is 0 Å². The van der Waals surface area contributed by atoms with E-state index < -0.39 is 11.2 Å². The smallest absolute Gasteiger partial charge is 0.303 e. The number of hydrogen-bond donors (Lipinski definition) is 0. The molecule has 0 bridgehead atoms. The number of esters is 2. The van der Waals surface area contributed by atoms with Gasteiger partial charge in [-0.3, -0.25) is 9.59 Å². The summed E-state index contributed by atoms with van der Waals surface area (Å²) < 4.78 is 10.4. The maximum absolute atomic E-state index is 10.8.